The molecule has 0 atom stereocenters. The van der Waals surface area contributed by atoms with Gasteiger partial charge in [0.25, 0.3) is 0 Å². The van der Waals surface area contributed by atoms with Crippen LogP contribution in [0.5, 0.6) is 0 Å². The largest absolute Gasteiger partial charge is 0.293 e. The van der Waals surface area contributed by atoms with Gasteiger partial charge >= 0.3 is 0 Å². The maximum Gasteiger partial charge on any atom is 0.171 e. The second-order valence-electron chi connectivity index (χ2n) is 5.83. The minimum absolute atomic E-state index is 0.226. The van der Waals surface area contributed by atoms with Crippen LogP contribution in [0, 0.1) is 12.3 Å². The van der Waals surface area contributed by atoms with Crippen molar-refractivity contribution in [1.82, 2.24) is 9.78 Å². The zero-order valence-electron chi connectivity index (χ0n) is 12.4. The normalized spacial score (nSPS) is 11.8. The molecule has 0 aliphatic heterocycles. The van der Waals surface area contributed by atoms with Gasteiger partial charge in [0.05, 0.1) is 11.3 Å². The van der Waals surface area contributed by atoms with Crippen LogP contribution in [0.15, 0.2) is 6.20 Å². The first-order valence-corrected chi connectivity index (χ1v) is 6.93. The lowest BCUT2D eigenvalue weighted by molar-refractivity contribution is 0.0822. The van der Waals surface area contributed by atoms with Gasteiger partial charge in [0.1, 0.15) is 0 Å². The topological polar surface area (TPSA) is 34.9 Å². The summed E-state index contributed by atoms with van der Waals surface area (Å²) in [6, 6.07) is 0. The zero-order valence-corrected chi connectivity index (χ0v) is 12.4. The lowest BCUT2D eigenvalue weighted by Crippen LogP contribution is -2.24. The molecule has 0 saturated carbocycles. The van der Waals surface area contributed by atoms with E-state index in [0.717, 1.165) is 24.1 Å². The first-order valence-electron chi connectivity index (χ1n) is 6.93. The Bertz CT molecular complexity index is 405. The predicted molar refractivity (Wildman–Crippen MR) is 74.8 cm³/mol. The van der Waals surface area contributed by atoms with Gasteiger partial charge in [-0.1, -0.05) is 46.5 Å². The van der Waals surface area contributed by atoms with E-state index in [0.29, 0.717) is 0 Å². The molecule has 0 aliphatic rings. The lowest BCUT2D eigenvalue weighted by Gasteiger charge is -2.22. The van der Waals surface area contributed by atoms with E-state index >= 15 is 0 Å². The Balaban J connectivity index is 2.66. The molecule has 0 fully saturated rings. The minimum atomic E-state index is -0.276. The van der Waals surface area contributed by atoms with Crippen LogP contribution >= 0.6 is 0 Å². The van der Waals surface area contributed by atoms with Crippen molar-refractivity contribution < 1.29 is 4.79 Å². The van der Waals surface area contributed by atoms with Crippen LogP contribution in [0.25, 0.3) is 0 Å². The van der Waals surface area contributed by atoms with E-state index < -0.39 is 0 Å². The predicted octanol–water partition coefficient (Wildman–Crippen LogP) is 3.91. The fourth-order valence-electron chi connectivity index (χ4n) is 2.29. The van der Waals surface area contributed by atoms with E-state index in [1.54, 1.807) is 4.68 Å². The van der Waals surface area contributed by atoms with Crippen LogP contribution in [0.3, 0.4) is 0 Å². The molecule has 1 aromatic heterocycles. The number of carbonyl (C=O) groups excluding carboxylic acids is 1. The number of ketones is 1. The molecule has 3 nitrogen and oxygen atoms in total. The lowest BCUT2D eigenvalue weighted by atomic mass is 9.80. The van der Waals surface area contributed by atoms with Crippen LogP contribution in [0.4, 0.5) is 0 Å². The highest BCUT2D eigenvalue weighted by Crippen LogP contribution is 2.29. The minimum Gasteiger partial charge on any atom is -0.293 e. The van der Waals surface area contributed by atoms with E-state index in [9.17, 15) is 4.79 Å². The number of Topliss-reactive ketones (excluding diaryl/α,β-unsaturated/α-hetero) is 1. The third kappa shape index (κ3) is 3.69. The highest BCUT2D eigenvalue weighted by Gasteiger charge is 2.30. The number of rotatable bonds is 7. The van der Waals surface area contributed by atoms with Crippen LogP contribution in [-0.2, 0) is 7.05 Å². The summed E-state index contributed by atoms with van der Waals surface area (Å²) >= 11 is 0. The summed E-state index contributed by atoms with van der Waals surface area (Å²) in [7, 11) is 1.86. The van der Waals surface area contributed by atoms with E-state index in [4.69, 9.17) is 0 Å². The highest BCUT2D eigenvalue weighted by molar-refractivity contribution is 6.00. The molecule has 102 valence electrons. The van der Waals surface area contributed by atoms with E-state index in [-0.39, 0.29) is 11.2 Å². The van der Waals surface area contributed by atoms with Gasteiger partial charge in [-0.2, -0.15) is 5.10 Å². The van der Waals surface area contributed by atoms with Gasteiger partial charge in [-0.3, -0.25) is 9.48 Å². The quantitative estimate of drug-likeness (QED) is 0.543. The van der Waals surface area contributed by atoms with Crippen molar-refractivity contribution >= 4 is 5.78 Å². The molecule has 0 amide bonds. The summed E-state index contributed by atoms with van der Waals surface area (Å²) in [5.41, 5.74) is 1.34. The Morgan fingerprint density at radius 2 is 2.00 bits per heavy atom. The molecule has 0 aliphatic carbocycles. The maximum absolute atomic E-state index is 12.5. The van der Waals surface area contributed by atoms with E-state index in [2.05, 4.69) is 12.0 Å². The van der Waals surface area contributed by atoms with Crippen molar-refractivity contribution in [3.63, 3.8) is 0 Å². The smallest absolute Gasteiger partial charge is 0.171 e. The molecule has 0 radical (unpaired) electrons. The Kier molecular flexibility index (Phi) is 5.12. The third-order valence-corrected chi connectivity index (χ3v) is 3.53. The molecular weight excluding hydrogens is 224 g/mol. The molecule has 0 saturated heterocycles. The molecule has 0 spiro atoms. The first kappa shape index (κ1) is 14.9. The Morgan fingerprint density at radius 3 is 2.50 bits per heavy atom. The highest BCUT2D eigenvalue weighted by atomic mass is 16.1. The standard InChI is InChI=1S/C15H26N2O/c1-6-7-8-9-10-15(3,4)14(18)13-11-17(5)16-12(13)2/h11H,6-10H2,1-5H3. The molecular formula is C15H26N2O. The van der Waals surface area contributed by atoms with Gasteiger partial charge in [0, 0.05) is 18.7 Å². The second kappa shape index (κ2) is 6.17. The molecule has 1 rings (SSSR count). The molecule has 3 heteroatoms. The number of hydrogen-bond acceptors (Lipinski definition) is 2. The maximum atomic E-state index is 12.5. The first-order chi connectivity index (χ1) is 8.38. The Morgan fingerprint density at radius 1 is 1.33 bits per heavy atom. The van der Waals surface area contributed by atoms with Crippen molar-refractivity contribution in [3.8, 4) is 0 Å². The SMILES string of the molecule is CCCCCCC(C)(C)C(=O)c1cn(C)nc1C. The Labute approximate surface area is 111 Å². The summed E-state index contributed by atoms with van der Waals surface area (Å²) in [6.45, 7) is 8.21. The van der Waals surface area contributed by atoms with Crippen LogP contribution in [0.2, 0.25) is 0 Å². The zero-order chi connectivity index (χ0) is 13.8. The van der Waals surface area contributed by atoms with E-state index in [1.807, 2.05) is 34.0 Å². The number of hydrogen-bond donors (Lipinski definition) is 0. The molecule has 0 aromatic carbocycles. The van der Waals surface area contributed by atoms with Crippen LogP contribution < -0.4 is 0 Å². The van der Waals surface area contributed by atoms with Crippen molar-refractivity contribution in [2.45, 2.75) is 59.8 Å². The summed E-state index contributed by atoms with van der Waals surface area (Å²) < 4.78 is 1.72. The molecule has 1 aromatic rings. The van der Waals surface area contributed by atoms with Crippen LogP contribution in [0.1, 0.15) is 68.9 Å². The van der Waals surface area contributed by atoms with Gasteiger partial charge in [0.15, 0.2) is 5.78 Å². The summed E-state index contributed by atoms with van der Waals surface area (Å²) in [4.78, 5) is 12.5. The van der Waals surface area contributed by atoms with Gasteiger partial charge in [-0.05, 0) is 13.3 Å². The number of nitrogens with zero attached hydrogens (tertiary/aromatic N) is 2. The van der Waals surface area contributed by atoms with Crippen molar-refractivity contribution in [2.75, 3.05) is 0 Å². The summed E-state index contributed by atoms with van der Waals surface area (Å²) in [6.07, 6.45) is 7.64. The second-order valence-corrected chi connectivity index (χ2v) is 5.83. The fraction of sp³-hybridized carbons (Fsp3) is 0.733. The molecule has 18 heavy (non-hydrogen) atoms. The average molecular weight is 250 g/mol. The Hall–Kier alpha value is -1.12. The van der Waals surface area contributed by atoms with Gasteiger partial charge in [-0.25, -0.2) is 0 Å². The van der Waals surface area contributed by atoms with Crippen LogP contribution in [-0.4, -0.2) is 15.6 Å². The molecule has 0 bridgehead atoms. The summed E-state index contributed by atoms with van der Waals surface area (Å²) in [5.74, 6) is 0.226. The number of aryl methyl sites for hydroxylation is 2. The molecule has 0 N–H and O–H groups in total. The van der Waals surface area contributed by atoms with Crippen molar-refractivity contribution in [2.24, 2.45) is 12.5 Å². The number of carbonyl (C=O) groups is 1. The van der Waals surface area contributed by atoms with Crippen molar-refractivity contribution in [1.29, 1.82) is 0 Å². The number of unbranched alkanes of at least 4 members (excludes halogenated alkanes) is 3. The number of aromatic nitrogens is 2. The third-order valence-electron chi connectivity index (χ3n) is 3.53. The molecule has 0 unspecified atom stereocenters. The monoisotopic (exact) mass is 250 g/mol. The summed E-state index contributed by atoms with van der Waals surface area (Å²) in [5, 5.41) is 4.25. The van der Waals surface area contributed by atoms with Gasteiger partial charge in [-0.15, -0.1) is 0 Å². The van der Waals surface area contributed by atoms with E-state index in [1.165, 1.54) is 19.3 Å². The van der Waals surface area contributed by atoms with Crippen molar-refractivity contribution in [3.05, 3.63) is 17.5 Å². The molecule has 1 heterocycles. The van der Waals surface area contributed by atoms with Gasteiger partial charge < -0.3 is 0 Å². The average Bonchev–Trinajstić information content (AvgIpc) is 2.63. The fourth-order valence-corrected chi connectivity index (χ4v) is 2.29. The van der Waals surface area contributed by atoms with Gasteiger partial charge in [0.2, 0.25) is 0 Å².